The molecule has 2 aromatic rings. The SMILES string of the molecule is Cc1nc(CN(C)C(=O)c2cc(Cl)ccc2OC(C)C)cs1. The highest BCUT2D eigenvalue weighted by Gasteiger charge is 2.19. The van der Waals surface area contributed by atoms with Crippen LogP contribution in [0.25, 0.3) is 0 Å². The van der Waals surface area contributed by atoms with Gasteiger partial charge in [-0.25, -0.2) is 4.98 Å². The van der Waals surface area contributed by atoms with Gasteiger partial charge in [-0.3, -0.25) is 4.79 Å². The fourth-order valence-corrected chi connectivity index (χ4v) is 2.80. The second kappa shape index (κ2) is 7.11. The average molecular weight is 339 g/mol. The number of halogens is 1. The van der Waals surface area contributed by atoms with E-state index in [1.54, 1.807) is 41.5 Å². The van der Waals surface area contributed by atoms with Crippen molar-refractivity contribution in [2.24, 2.45) is 0 Å². The molecule has 0 aliphatic rings. The molecule has 0 aliphatic carbocycles. The van der Waals surface area contributed by atoms with E-state index in [1.807, 2.05) is 26.2 Å². The molecule has 0 radical (unpaired) electrons. The smallest absolute Gasteiger partial charge is 0.257 e. The minimum atomic E-state index is -0.135. The highest BCUT2D eigenvalue weighted by Crippen LogP contribution is 2.25. The first-order valence-corrected chi connectivity index (χ1v) is 8.25. The van der Waals surface area contributed by atoms with Crippen LogP contribution in [0.3, 0.4) is 0 Å². The minimum Gasteiger partial charge on any atom is -0.490 e. The first kappa shape index (κ1) is 16.8. The van der Waals surface area contributed by atoms with Crippen LogP contribution in [-0.2, 0) is 6.54 Å². The summed E-state index contributed by atoms with van der Waals surface area (Å²) < 4.78 is 5.71. The molecule has 22 heavy (non-hydrogen) atoms. The third-order valence-corrected chi connectivity index (χ3v) is 4.00. The summed E-state index contributed by atoms with van der Waals surface area (Å²) in [5, 5.41) is 3.46. The van der Waals surface area contributed by atoms with Crippen molar-refractivity contribution in [3.63, 3.8) is 0 Å². The van der Waals surface area contributed by atoms with E-state index in [-0.39, 0.29) is 12.0 Å². The number of nitrogens with zero attached hydrogens (tertiary/aromatic N) is 2. The van der Waals surface area contributed by atoms with Gasteiger partial charge in [0.05, 0.1) is 28.9 Å². The zero-order valence-corrected chi connectivity index (χ0v) is 14.7. The van der Waals surface area contributed by atoms with Crippen LogP contribution in [0.5, 0.6) is 5.75 Å². The van der Waals surface area contributed by atoms with E-state index in [0.717, 1.165) is 10.7 Å². The fourth-order valence-electron chi connectivity index (χ4n) is 2.03. The molecule has 1 aromatic heterocycles. The molecule has 0 unspecified atom stereocenters. The average Bonchev–Trinajstić information content (AvgIpc) is 2.84. The topological polar surface area (TPSA) is 42.4 Å². The van der Waals surface area contributed by atoms with Gasteiger partial charge in [0.25, 0.3) is 5.91 Å². The molecule has 6 heteroatoms. The Labute approximate surface area is 139 Å². The van der Waals surface area contributed by atoms with E-state index >= 15 is 0 Å². The predicted molar refractivity (Wildman–Crippen MR) is 89.9 cm³/mol. The lowest BCUT2D eigenvalue weighted by molar-refractivity contribution is 0.0777. The molecule has 118 valence electrons. The van der Waals surface area contributed by atoms with Gasteiger partial charge in [0, 0.05) is 17.5 Å². The van der Waals surface area contributed by atoms with Crippen LogP contribution < -0.4 is 4.74 Å². The molecule has 0 bridgehead atoms. The molecule has 2 rings (SSSR count). The van der Waals surface area contributed by atoms with E-state index in [2.05, 4.69) is 4.98 Å². The summed E-state index contributed by atoms with van der Waals surface area (Å²) in [5.74, 6) is 0.412. The van der Waals surface area contributed by atoms with E-state index in [9.17, 15) is 4.79 Å². The predicted octanol–water partition coefficient (Wildman–Crippen LogP) is 4.16. The molecule has 0 N–H and O–H groups in total. The van der Waals surface area contributed by atoms with Gasteiger partial charge in [-0.15, -0.1) is 11.3 Å². The third kappa shape index (κ3) is 4.21. The monoisotopic (exact) mass is 338 g/mol. The second-order valence-corrected chi connectivity index (χ2v) is 6.82. The molecule has 1 heterocycles. The van der Waals surface area contributed by atoms with Crippen LogP contribution in [0.2, 0.25) is 5.02 Å². The van der Waals surface area contributed by atoms with Gasteiger partial charge in [-0.2, -0.15) is 0 Å². The molecule has 0 saturated heterocycles. The number of carbonyl (C=O) groups excluding carboxylic acids is 1. The summed E-state index contributed by atoms with van der Waals surface area (Å²) in [6.45, 7) is 6.24. The van der Waals surface area contributed by atoms with Gasteiger partial charge in [-0.05, 0) is 39.0 Å². The molecular weight excluding hydrogens is 320 g/mol. The Hall–Kier alpha value is -1.59. The summed E-state index contributed by atoms with van der Waals surface area (Å²) in [4.78, 5) is 18.7. The Morgan fingerprint density at radius 2 is 2.18 bits per heavy atom. The van der Waals surface area contributed by atoms with Crippen LogP contribution in [0, 0.1) is 6.92 Å². The molecule has 0 aliphatic heterocycles. The maximum Gasteiger partial charge on any atom is 0.257 e. The summed E-state index contributed by atoms with van der Waals surface area (Å²) >= 11 is 7.60. The lowest BCUT2D eigenvalue weighted by Crippen LogP contribution is -2.27. The number of rotatable bonds is 5. The zero-order chi connectivity index (χ0) is 16.3. The Morgan fingerprint density at radius 3 is 2.77 bits per heavy atom. The second-order valence-electron chi connectivity index (χ2n) is 5.33. The Balaban J connectivity index is 2.21. The molecule has 0 saturated carbocycles. The molecule has 0 fully saturated rings. The number of aromatic nitrogens is 1. The van der Waals surface area contributed by atoms with Crippen molar-refractivity contribution >= 4 is 28.8 Å². The largest absolute Gasteiger partial charge is 0.490 e. The number of ether oxygens (including phenoxy) is 1. The lowest BCUT2D eigenvalue weighted by atomic mass is 10.1. The number of hydrogen-bond donors (Lipinski definition) is 0. The Bertz CT molecular complexity index is 670. The van der Waals surface area contributed by atoms with E-state index in [0.29, 0.717) is 22.9 Å². The summed E-state index contributed by atoms with van der Waals surface area (Å²) in [6.07, 6.45) is -0.0146. The Morgan fingerprint density at radius 1 is 1.45 bits per heavy atom. The summed E-state index contributed by atoms with van der Waals surface area (Å²) in [7, 11) is 1.75. The number of aryl methyl sites for hydroxylation is 1. The molecule has 0 spiro atoms. The van der Waals surface area contributed by atoms with Crippen molar-refractivity contribution in [1.29, 1.82) is 0 Å². The van der Waals surface area contributed by atoms with Crippen molar-refractivity contribution < 1.29 is 9.53 Å². The first-order valence-electron chi connectivity index (χ1n) is 6.99. The summed E-state index contributed by atoms with van der Waals surface area (Å²) in [6, 6.07) is 5.10. The van der Waals surface area contributed by atoms with Crippen molar-refractivity contribution in [3.8, 4) is 5.75 Å². The normalized spacial score (nSPS) is 10.8. The van der Waals surface area contributed by atoms with Gasteiger partial charge in [-0.1, -0.05) is 11.6 Å². The fraction of sp³-hybridized carbons (Fsp3) is 0.375. The van der Waals surface area contributed by atoms with Gasteiger partial charge < -0.3 is 9.64 Å². The number of thiazole rings is 1. The number of amides is 1. The highest BCUT2D eigenvalue weighted by atomic mass is 35.5. The van der Waals surface area contributed by atoms with Gasteiger partial charge in [0.1, 0.15) is 5.75 Å². The van der Waals surface area contributed by atoms with Crippen LogP contribution in [0.4, 0.5) is 0 Å². The van der Waals surface area contributed by atoms with Crippen LogP contribution >= 0.6 is 22.9 Å². The van der Waals surface area contributed by atoms with Crippen molar-refractivity contribution in [1.82, 2.24) is 9.88 Å². The molecular formula is C16H19ClN2O2S. The lowest BCUT2D eigenvalue weighted by Gasteiger charge is -2.19. The maximum atomic E-state index is 12.7. The summed E-state index contributed by atoms with van der Waals surface area (Å²) in [5.41, 5.74) is 1.35. The number of benzene rings is 1. The first-order chi connectivity index (χ1) is 10.4. The van der Waals surface area contributed by atoms with Crippen LogP contribution in [0.15, 0.2) is 23.6 Å². The van der Waals surface area contributed by atoms with Gasteiger partial charge >= 0.3 is 0 Å². The van der Waals surface area contributed by atoms with E-state index in [1.165, 1.54) is 0 Å². The van der Waals surface area contributed by atoms with Crippen LogP contribution in [0.1, 0.15) is 34.9 Å². The van der Waals surface area contributed by atoms with E-state index in [4.69, 9.17) is 16.3 Å². The van der Waals surface area contributed by atoms with Gasteiger partial charge in [0.15, 0.2) is 0 Å². The highest BCUT2D eigenvalue weighted by molar-refractivity contribution is 7.09. The van der Waals surface area contributed by atoms with Crippen molar-refractivity contribution in [2.45, 2.75) is 33.4 Å². The quantitative estimate of drug-likeness (QED) is 0.822. The van der Waals surface area contributed by atoms with Crippen molar-refractivity contribution in [2.75, 3.05) is 7.05 Å². The van der Waals surface area contributed by atoms with Crippen molar-refractivity contribution in [3.05, 3.63) is 44.9 Å². The molecule has 1 amide bonds. The molecule has 0 atom stereocenters. The van der Waals surface area contributed by atoms with Crippen LogP contribution in [-0.4, -0.2) is 28.9 Å². The number of hydrogen-bond acceptors (Lipinski definition) is 4. The standard InChI is InChI=1S/C16H19ClN2O2S/c1-10(2)21-15-6-5-12(17)7-14(15)16(20)19(4)8-13-9-22-11(3)18-13/h5-7,9-10H,8H2,1-4H3. The minimum absolute atomic E-state index is 0.0146. The molecule has 4 nitrogen and oxygen atoms in total. The van der Waals surface area contributed by atoms with E-state index < -0.39 is 0 Å². The Kier molecular flexibility index (Phi) is 5.42. The zero-order valence-electron chi connectivity index (χ0n) is 13.1. The molecule has 1 aromatic carbocycles. The maximum absolute atomic E-state index is 12.7. The van der Waals surface area contributed by atoms with Gasteiger partial charge in [0.2, 0.25) is 0 Å². The number of carbonyl (C=O) groups is 1. The third-order valence-electron chi connectivity index (χ3n) is 2.95.